The monoisotopic (exact) mass is 562 g/mol. The number of anilines is 1. The molecule has 1 aromatic heterocycles. The summed E-state index contributed by atoms with van der Waals surface area (Å²) in [7, 11) is 0.996. The molecule has 2 aliphatic rings. The van der Waals surface area contributed by atoms with Crippen LogP contribution in [0.15, 0.2) is 30.5 Å². The quantitative estimate of drug-likeness (QED) is 0.431. The van der Waals surface area contributed by atoms with E-state index in [9.17, 15) is 31.1 Å². The maximum atomic E-state index is 14.2. The number of alkyl halides is 5. The second-order valence-electron chi connectivity index (χ2n) is 10.1. The highest BCUT2D eigenvalue weighted by Crippen LogP contribution is 2.55. The van der Waals surface area contributed by atoms with Crippen LogP contribution in [0.1, 0.15) is 63.0 Å². The lowest BCUT2D eigenvalue weighted by Gasteiger charge is -2.32. The van der Waals surface area contributed by atoms with Crippen molar-refractivity contribution in [1.29, 1.82) is 0 Å². The zero-order chi connectivity index (χ0) is 28.9. The molecular weight excluding hydrogens is 534 g/mol. The Kier molecular flexibility index (Phi) is 7.65. The molecule has 5 atom stereocenters. The Bertz CT molecular complexity index is 1220. The standard InChI is InChI=1S/C26H28F6N2O5/c1-12-18(14-7-8-15(27)19(22(28)29)20(14)36-5)21(39-25(12,4)26(30,31)32)23(35)34-13-6-9-16(33-10-13)17-11-37-24(2,3)38-17/h6-10,12,17-18,21-22H,11H2,1-5H3,(H,34,35)/t12-,17+,18-,21+,25+/m0/s1. The third-order valence-corrected chi connectivity index (χ3v) is 7.27. The highest BCUT2D eigenvalue weighted by molar-refractivity contribution is 5.95. The minimum Gasteiger partial charge on any atom is -0.496 e. The predicted molar refractivity (Wildman–Crippen MR) is 126 cm³/mol. The molecule has 2 aromatic rings. The number of ether oxygens (including phenoxy) is 4. The van der Waals surface area contributed by atoms with E-state index in [0.717, 1.165) is 20.1 Å². The number of carbonyl (C=O) groups excluding carboxylic acids is 1. The first-order chi connectivity index (χ1) is 18.1. The van der Waals surface area contributed by atoms with Crippen molar-refractivity contribution in [2.45, 2.75) is 69.8 Å². The lowest BCUT2D eigenvalue weighted by Crippen LogP contribution is -2.47. The van der Waals surface area contributed by atoms with Crippen molar-refractivity contribution in [3.63, 3.8) is 0 Å². The summed E-state index contributed by atoms with van der Waals surface area (Å²) in [5.74, 6) is -6.54. The SMILES string of the molecule is COc1c([C@H]2[C@H](C(=O)Nc3ccc([C@H]4COC(C)(C)O4)nc3)O[C@@](C)(C(F)(F)F)[C@H]2C)ccc(F)c1C(F)F. The Balaban J connectivity index is 1.67. The largest absolute Gasteiger partial charge is 0.496 e. The van der Waals surface area contributed by atoms with Crippen LogP contribution in [0.25, 0.3) is 0 Å². The van der Waals surface area contributed by atoms with Gasteiger partial charge in [0.15, 0.2) is 11.4 Å². The highest BCUT2D eigenvalue weighted by Gasteiger charge is 2.66. The first kappa shape index (κ1) is 29.1. The van der Waals surface area contributed by atoms with E-state index in [1.165, 1.54) is 19.2 Å². The number of benzene rings is 1. The molecule has 7 nitrogen and oxygen atoms in total. The van der Waals surface area contributed by atoms with E-state index in [1.54, 1.807) is 19.9 Å². The Labute approximate surface area is 220 Å². The summed E-state index contributed by atoms with van der Waals surface area (Å²) in [6.07, 6.45) is -9.17. The number of nitrogens with zero attached hydrogens (tertiary/aromatic N) is 1. The van der Waals surface area contributed by atoms with Gasteiger partial charge in [-0.25, -0.2) is 13.2 Å². The fourth-order valence-electron chi connectivity index (χ4n) is 5.03. The fourth-order valence-corrected chi connectivity index (χ4v) is 5.03. The van der Waals surface area contributed by atoms with Gasteiger partial charge in [-0.2, -0.15) is 13.2 Å². The van der Waals surface area contributed by atoms with E-state index in [2.05, 4.69) is 10.3 Å². The minimum atomic E-state index is -4.92. The number of rotatable bonds is 6. The molecule has 0 radical (unpaired) electrons. The van der Waals surface area contributed by atoms with Crippen molar-refractivity contribution in [3.8, 4) is 5.75 Å². The zero-order valence-electron chi connectivity index (χ0n) is 21.7. The highest BCUT2D eigenvalue weighted by atomic mass is 19.4. The smallest absolute Gasteiger partial charge is 0.417 e. The van der Waals surface area contributed by atoms with Crippen molar-refractivity contribution in [3.05, 3.63) is 53.1 Å². The van der Waals surface area contributed by atoms with Crippen molar-refractivity contribution in [2.75, 3.05) is 19.0 Å². The summed E-state index contributed by atoms with van der Waals surface area (Å²) >= 11 is 0. The molecule has 0 saturated carbocycles. The van der Waals surface area contributed by atoms with Gasteiger partial charge in [0.1, 0.15) is 23.8 Å². The summed E-state index contributed by atoms with van der Waals surface area (Å²) in [6.45, 7) is 5.73. The molecule has 0 spiro atoms. The van der Waals surface area contributed by atoms with Gasteiger partial charge in [-0.05, 0) is 39.0 Å². The number of carbonyl (C=O) groups is 1. The number of methoxy groups -OCH3 is 1. The Morgan fingerprint density at radius 2 is 1.85 bits per heavy atom. The van der Waals surface area contributed by atoms with Crippen LogP contribution in [0.4, 0.5) is 32.0 Å². The van der Waals surface area contributed by atoms with Crippen LogP contribution in [-0.4, -0.2) is 48.3 Å². The van der Waals surface area contributed by atoms with Gasteiger partial charge in [-0.1, -0.05) is 13.0 Å². The Hall–Kier alpha value is -2.90. The number of nitrogens with one attached hydrogen (secondary N) is 1. The van der Waals surface area contributed by atoms with Crippen LogP contribution < -0.4 is 10.1 Å². The molecule has 2 aliphatic heterocycles. The topological polar surface area (TPSA) is 78.9 Å². The van der Waals surface area contributed by atoms with E-state index in [4.69, 9.17) is 18.9 Å². The maximum absolute atomic E-state index is 14.2. The fraction of sp³-hybridized carbons (Fsp3) is 0.538. The van der Waals surface area contributed by atoms with Crippen molar-refractivity contribution >= 4 is 11.6 Å². The lowest BCUT2D eigenvalue weighted by molar-refractivity contribution is -0.272. The lowest BCUT2D eigenvalue weighted by atomic mass is 9.76. The van der Waals surface area contributed by atoms with E-state index >= 15 is 0 Å². The zero-order valence-corrected chi connectivity index (χ0v) is 21.7. The summed E-state index contributed by atoms with van der Waals surface area (Å²) in [5, 5.41) is 2.48. The number of amides is 1. The molecule has 1 N–H and O–H groups in total. The molecule has 39 heavy (non-hydrogen) atoms. The second-order valence-corrected chi connectivity index (χ2v) is 10.1. The van der Waals surface area contributed by atoms with Crippen molar-refractivity contribution < 1.29 is 50.1 Å². The van der Waals surface area contributed by atoms with Gasteiger partial charge in [0.05, 0.1) is 36.9 Å². The molecule has 214 valence electrons. The van der Waals surface area contributed by atoms with Gasteiger partial charge < -0.3 is 24.3 Å². The van der Waals surface area contributed by atoms with Crippen LogP contribution in [0.3, 0.4) is 0 Å². The van der Waals surface area contributed by atoms with Crippen molar-refractivity contribution in [1.82, 2.24) is 4.98 Å². The number of pyridine rings is 1. The molecular formula is C26H28F6N2O5. The van der Waals surface area contributed by atoms with Crippen LogP contribution in [0, 0.1) is 11.7 Å². The van der Waals surface area contributed by atoms with Gasteiger partial charge in [0.25, 0.3) is 12.3 Å². The number of hydrogen-bond donors (Lipinski definition) is 1. The molecule has 1 amide bonds. The van der Waals surface area contributed by atoms with Gasteiger partial charge in [-0.15, -0.1) is 0 Å². The molecule has 4 rings (SSSR count). The molecule has 2 saturated heterocycles. The number of halogens is 6. The molecule has 13 heteroatoms. The van der Waals surface area contributed by atoms with Crippen LogP contribution in [0.2, 0.25) is 0 Å². The average molecular weight is 563 g/mol. The third kappa shape index (κ3) is 5.31. The maximum Gasteiger partial charge on any atom is 0.417 e. The molecule has 2 fully saturated rings. The summed E-state index contributed by atoms with van der Waals surface area (Å²) in [4.78, 5) is 17.6. The third-order valence-electron chi connectivity index (χ3n) is 7.27. The Morgan fingerprint density at radius 3 is 2.36 bits per heavy atom. The van der Waals surface area contributed by atoms with Crippen molar-refractivity contribution in [2.24, 2.45) is 5.92 Å². The second kappa shape index (κ2) is 10.3. The normalized spacial score (nSPS) is 28.6. The summed E-state index contributed by atoms with van der Waals surface area (Å²) in [6, 6.07) is 4.80. The van der Waals surface area contributed by atoms with Gasteiger partial charge >= 0.3 is 6.18 Å². The molecule has 3 heterocycles. The first-order valence-corrected chi connectivity index (χ1v) is 12.1. The molecule has 1 aromatic carbocycles. The average Bonchev–Trinajstić information content (AvgIpc) is 3.35. The van der Waals surface area contributed by atoms with Gasteiger partial charge in [0.2, 0.25) is 0 Å². The van der Waals surface area contributed by atoms with Crippen LogP contribution in [-0.2, 0) is 19.0 Å². The van der Waals surface area contributed by atoms with Gasteiger partial charge in [0, 0.05) is 17.4 Å². The predicted octanol–water partition coefficient (Wildman–Crippen LogP) is 6.07. The summed E-state index contributed by atoms with van der Waals surface area (Å²) < 4.78 is 106. The summed E-state index contributed by atoms with van der Waals surface area (Å²) in [5.41, 5.74) is -3.47. The molecule has 0 unspecified atom stereocenters. The van der Waals surface area contributed by atoms with Gasteiger partial charge in [-0.3, -0.25) is 9.78 Å². The van der Waals surface area contributed by atoms with E-state index in [-0.39, 0.29) is 17.9 Å². The number of hydrogen-bond acceptors (Lipinski definition) is 6. The Morgan fingerprint density at radius 1 is 1.15 bits per heavy atom. The van der Waals surface area contributed by atoms with E-state index in [0.29, 0.717) is 11.8 Å². The number of aromatic nitrogens is 1. The first-order valence-electron chi connectivity index (χ1n) is 12.1. The molecule has 0 bridgehead atoms. The minimum absolute atomic E-state index is 0.150. The van der Waals surface area contributed by atoms with Crippen LogP contribution in [0.5, 0.6) is 5.75 Å². The molecule has 0 aliphatic carbocycles. The van der Waals surface area contributed by atoms with E-state index < -0.39 is 71.1 Å². The van der Waals surface area contributed by atoms with Crippen LogP contribution >= 0.6 is 0 Å². The van der Waals surface area contributed by atoms with E-state index in [1.807, 2.05) is 0 Å².